The third-order valence-electron chi connectivity index (χ3n) is 4.67. The van der Waals surface area contributed by atoms with Gasteiger partial charge in [-0.2, -0.15) is 0 Å². The van der Waals surface area contributed by atoms with Gasteiger partial charge in [0.1, 0.15) is 0 Å². The van der Waals surface area contributed by atoms with Crippen LogP contribution in [0.2, 0.25) is 0 Å². The minimum absolute atomic E-state index is 0.0136. The Morgan fingerprint density at radius 2 is 2.22 bits per heavy atom. The highest BCUT2D eigenvalue weighted by molar-refractivity contribution is 5.85. The van der Waals surface area contributed by atoms with Crippen molar-refractivity contribution in [3.8, 4) is 0 Å². The lowest BCUT2D eigenvalue weighted by Crippen LogP contribution is -2.43. The zero-order valence-corrected chi connectivity index (χ0v) is 10.9. The summed E-state index contributed by atoms with van der Waals surface area (Å²) in [6.07, 6.45) is 5.57. The summed E-state index contributed by atoms with van der Waals surface area (Å²) in [5.74, 6) is 0.474. The van der Waals surface area contributed by atoms with Gasteiger partial charge in [-0.05, 0) is 43.2 Å². The Balaban J connectivity index is 2.08. The van der Waals surface area contributed by atoms with E-state index >= 15 is 0 Å². The van der Waals surface area contributed by atoms with Gasteiger partial charge in [-0.3, -0.25) is 4.79 Å². The molecular weight excluding hydrogens is 224 g/mol. The van der Waals surface area contributed by atoms with E-state index < -0.39 is 0 Å². The quantitative estimate of drug-likeness (QED) is 0.747. The zero-order chi connectivity index (χ0) is 12.6. The molecule has 2 aliphatic rings. The van der Waals surface area contributed by atoms with Crippen LogP contribution in [0.5, 0.6) is 0 Å². The predicted molar refractivity (Wildman–Crippen MR) is 70.4 cm³/mol. The topological polar surface area (TPSA) is 26.3 Å². The predicted octanol–water partition coefficient (Wildman–Crippen LogP) is 3.23. The SMILES string of the molecule is CCOC(=O)[C@]12CCCC[C@H]1Cc1ccccc12. The monoisotopic (exact) mass is 244 g/mol. The molecule has 1 saturated carbocycles. The maximum absolute atomic E-state index is 12.5. The number of esters is 1. The van der Waals surface area contributed by atoms with E-state index in [1.165, 1.54) is 17.5 Å². The number of fused-ring (bicyclic) bond motifs is 3. The molecule has 0 saturated heterocycles. The summed E-state index contributed by atoms with van der Waals surface area (Å²) in [5, 5.41) is 0. The van der Waals surface area contributed by atoms with Crippen LogP contribution in [0.15, 0.2) is 24.3 Å². The maximum Gasteiger partial charge on any atom is 0.316 e. The summed E-state index contributed by atoms with van der Waals surface area (Å²) in [5.41, 5.74) is 2.27. The molecule has 1 fully saturated rings. The van der Waals surface area contributed by atoms with Crippen molar-refractivity contribution in [1.82, 2.24) is 0 Å². The van der Waals surface area contributed by atoms with E-state index in [1.54, 1.807) is 0 Å². The van der Waals surface area contributed by atoms with Crippen LogP contribution in [0, 0.1) is 5.92 Å². The first kappa shape index (κ1) is 11.8. The molecule has 0 unspecified atom stereocenters. The molecular formula is C16H20O2. The van der Waals surface area contributed by atoms with Crippen molar-refractivity contribution in [3.05, 3.63) is 35.4 Å². The molecule has 0 radical (unpaired) electrons. The number of ether oxygens (including phenoxy) is 1. The van der Waals surface area contributed by atoms with E-state index in [2.05, 4.69) is 24.3 Å². The summed E-state index contributed by atoms with van der Waals surface area (Å²) in [7, 11) is 0. The summed E-state index contributed by atoms with van der Waals surface area (Å²) < 4.78 is 5.40. The second-order valence-electron chi connectivity index (χ2n) is 5.50. The number of hydrogen-bond donors (Lipinski definition) is 0. The van der Waals surface area contributed by atoms with Crippen molar-refractivity contribution < 1.29 is 9.53 Å². The van der Waals surface area contributed by atoms with Gasteiger partial charge in [0.2, 0.25) is 0 Å². The Labute approximate surface area is 108 Å². The Morgan fingerprint density at radius 3 is 3.06 bits per heavy atom. The highest BCUT2D eigenvalue weighted by Gasteiger charge is 2.53. The first-order valence-corrected chi connectivity index (χ1v) is 7.04. The van der Waals surface area contributed by atoms with Crippen molar-refractivity contribution >= 4 is 5.97 Å². The lowest BCUT2D eigenvalue weighted by Gasteiger charge is -2.37. The van der Waals surface area contributed by atoms with Crippen molar-refractivity contribution in [1.29, 1.82) is 0 Å². The maximum atomic E-state index is 12.5. The fourth-order valence-electron chi connectivity index (χ4n) is 3.91. The van der Waals surface area contributed by atoms with Crippen LogP contribution >= 0.6 is 0 Å². The highest BCUT2D eigenvalue weighted by atomic mass is 16.5. The molecule has 2 heteroatoms. The van der Waals surface area contributed by atoms with Gasteiger partial charge in [-0.1, -0.05) is 37.1 Å². The smallest absolute Gasteiger partial charge is 0.316 e. The Kier molecular flexibility index (Phi) is 2.89. The molecule has 0 bridgehead atoms. The Bertz CT molecular complexity index is 466. The number of rotatable bonds is 2. The lowest BCUT2D eigenvalue weighted by molar-refractivity contribution is -0.153. The standard InChI is InChI=1S/C16H20O2/c1-2-18-15(17)16-10-6-5-8-13(16)11-12-7-3-4-9-14(12)16/h3-4,7,9,13H,2,5-6,8,10-11H2,1H3/t13-,16+/m0/s1. The van der Waals surface area contributed by atoms with Gasteiger partial charge >= 0.3 is 5.97 Å². The van der Waals surface area contributed by atoms with Crippen LogP contribution in [0.1, 0.15) is 43.7 Å². The number of carbonyl (C=O) groups is 1. The first-order valence-electron chi connectivity index (χ1n) is 7.04. The minimum atomic E-state index is -0.329. The lowest BCUT2D eigenvalue weighted by atomic mass is 9.66. The molecule has 2 nitrogen and oxygen atoms in total. The van der Waals surface area contributed by atoms with Gasteiger partial charge in [0.05, 0.1) is 12.0 Å². The van der Waals surface area contributed by atoms with Gasteiger partial charge in [0.15, 0.2) is 0 Å². The first-order chi connectivity index (χ1) is 8.79. The van der Waals surface area contributed by atoms with E-state index in [9.17, 15) is 4.79 Å². The molecule has 0 amide bonds. The molecule has 2 aliphatic carbocycles. The molecule has 96 valence electrons. The molecule has 0 aliphatic heterocycles. The number of benzene rings is 1. The minimum Gasteiger partial charge on any atom is -0.465 e. The third kappa shape index (κ3) is 1.51. The molecule has 18 heavy (non-hydrogen) atoms. The van der Waals surface area contributed by atoms with Crippen LogP contribution < -0.4 is 0 Å². The van der Waals surface area contributed by atoms with Crippen LogP contribution in [-0.4, -0.2) is 12.6 Å². The summed E-state index contributed by atoms with van der Waals surface area (Å²) >= 11 is 0. The third-order valence-corrected chi connectivity index (χ3v) is 4.67. The number of hydrogen-bond acceptors (Lipinski definition) is 2. The summed E-state index contributed by atoms with van der Waals surface area (Å²) in [4.78, 5) is 12.5. The fraction of sp³-hybridized carbons (Fsp3) is 0.562. The molecule has 3 rings (SSSR count). The van der Waals surface area contributed by atoms with Crippen LogP contribution in [0.25, 0.3) is 0 Å². The van der Waals surface area contributed by atoms with E-state index in [0.29, 0.717) is 12.5 Å². The van der Waals surface area contributed by atoms with E-state index in [4.69, 9.17) is 4.74 Å². The summed E-state index contributed by atoms with van der Waals surface area (Å²) in [6, 6.07) is 8.44. The van der Waals surface area contributed by atoms with Gasteiger partial charge in [-0.25, -0.2) is 0 Å². The average molecular weight is 244 g/mol. The van der Waals surface area contributed by atoms with Crippen LogP contribution in [0.3, 0.4) is 0 Å². The van der Waals surface area contributed by atoms with Crippen molar-refractivity contribution in [3.63, 3.8) is 0 Å². The van der Waals surface area contributed by atoms with Gasteiger partial charge in [0, 0.05) is 0 Å². The Morgan fingerprint density at radius 1 is 1.39 bits per heavy atom. The normalized spacial score (nSPS) is 29.5. The second-order valence-corrected chi connectivity index (χ2v) is 5.50. The van der Waals surface area contributed by atoms with Crippen molar-refractivity contribution in [2.45, 2.75) is 44.4 Å². The molecule has 1 aromatic rings. The molecule has 0 aromatic heterocycles. The van der Waals surface area contributed by atoms with Crippen LogP contribution in [-0.2, 0) is 21.4 Å². The van der Waals surface area contributed by atoms with Crippen molar-refractivity contribution in [2.24, 2.45) is 5.92 Å². The van der Waals surface area contributed by atoms with Gasteiger partial charge in [-0.15, -0.1) is 0 Å². The molecule has 0 N–H and O–H groups in total. The zero-order valence-electron chi connectivity index (χ0n) is 10.9. The molecule has 1 aromatic carbocycles. The molecule has 2 atom stereocenters. The van der Waals surface area contributed by atoms with E-state index in [1.807, 2.05) is 6.92 Å². The fourth-order valence-corrected chi connectivity index (χ4v) is 3.91. The average Bonchev–Trinajstić information content (AvgIpc) is 2.74. The van der Waals surface area contributed by atoms with Gasteiger partial charge in [0.25, 0.3) is 0 Å². The van der Waals surface area contributed by atoms with E-state index in [-0.39, 0.29) is 11.4 Å². The van der Waals surface area contributed by atoms with Crippen molar-refractivity contribution in [2.75, 3.05) is 6.61 Å². The molecule has 0 spiro atoms. The largest absolute Gasteiger partial charge is 0.465 e. The van der Waals surface area contributed by atoms with E-state index in [0.717, 1.165) is 25.7 Å². The highest BCUT2D eigenvalue weighted by Crippen LogP contribution is 2.52. The number of carbonyl (C=O) groups excluding carboxylic acids is 1. The second kappa shape index (κ2) is 4.42. The van der Waals surface area contributed by atoms with Crippen LogP contribution in [0.4, 0.5) is 0 Å². The Hall–Kier alpha value is -1.31. The van der Waals surface area contributed by atoms with Gasteiger partial charge < -0.3 is 4.74 Å². The molecule has 0 heterocycles. The summed E-state index contributed by atoms with van der Waals surface area (Å²) in [6.45, 7) is 2.38.